The standard InChI is InChI=1S/C13H19BrN2O/c1-3-6-16(7-8-17)13-5-4-11(10(2)15)9-12(13)14/h3-5,9-10,17H,1,6-8,15H2,2H3/t10-/m1/s1. The summed E-state index contributed by atoms with van der Waals surface area (Å²) in [4.78, 5) is 2.06. The topological polar surface area (TPSA) is 49.5 Å². The van der Waals surface area contributed by atoms with Crippen molar-refractivity contribution >= 4 is 21.6 Å². The van der Waals surface area contributed by atoms with Gasteiger partial charge in [0.25, 0.3) is 0 Å². The number of nitrogens with zero attached hydrogens (tertiary/aromatic N) is 1. The van der Waals surface area contributed by atoms with E-state index in [-0.39, 0.29) is 12.6 Å². The van der Waals surface area contributed by atoms with Crippen molar-refractivity contribution in [3.63, 3.8) is 0 Å². The number of rotatable bonds is 6. The van der Waals surface area contributed by atoms with E-state index < -0.39 is 0 Å². The van der Waals surface area contributed by atoms with Crippen LogP contribution >= 0.6 is 15.9 Å². The zero-order valence-electron chi connectivity index (χ0n) is 10.1. The van der Waals surface area contributed by atoms with Crippen molar-refractivity contribution in [3.8, 4) is 0 Å². The van der Waals surface area contributed by atoms with Crippen LogP contribution in [-0.4, -0.2) is 24.8 Å². The first kappa shape index (κ1) is 14.2. The maximum Gasteiger partial charge on any atom is 0.0606 e. The van der Waals surface area contributed by atoms with Gasteiger partial charge in [0.15, 0.2) is 0 Å². The van der Waals surface area contributed by atoms with Crippen molar-refractivity contribution in [2.45, 2.75) is 13.0 Å². The fourth-order valence-electron chi connectivity index (χ4n) is 1.65. The molecule has 17 heavy (non-hydrogen) atoms. The molecule has 1 rings (SSSR count). The summed E-state index contributed by atoms with van der Waals surface area (Å²) in [6.45, 7) is 7.09. The van der Waals surface area contributed by atoms with Gasteiger partial charge in [-0.05, 0) is 40.5 Å². The van der Waals surface area contributed by atoms with Gasteiger partial charge < -0.3 is 15.7 Å². The van der Waals surface area contributed by atoms with Gasteiger partial charge in [-0.15, -0.1) is 6.58 Å². The van der Waals surface area contributed by atoms with Gasteiger partial charge in [0.05, 0.1) is 12.3 Å². The van der Waals surface area contributed by atoms with Crippen LogP contribution in [0.5, 0.6) is 0 Å². The molecule has 0 aliphatic rings. The number of nitrogens with two attached hydrogens (primary N) is 1. The highest BCUT2D eigenvalue weighted by atomic mass is 79.9. The summed E-state index contributed by atoms with van der Waals surface area (Å²) in [5.74, 6) is 0. The molecule has 0 heterocycles. The number of aliphatic hydroxyl groups excluding tert-OH is 1. The minimum absolute atomic E-state index is 0.0195. The fraction of sp³-hybridized carbons (Fsp3) is 0.385. The number of hydrogen-bond donors (Lipinski definition) is 2. The third-order valence-corrected chi connectivity index (χ3v) is 3.19. The lowest BCUT2D eigenvalue weighted by Gasteiger charge is -2.24. The lowest BCUT2D eigenvalue weighted by molar-refractivity contribution is 0.303. The van der Waals surface area contributed by atoms with Crippen molar-refractivity contribution < 1.29 is 5.11 Å². The number of aliphatic hydroxyl groups is 1. The van der Waals surface area contributed by atoms with Crippen molar-refractivity contribution in [2.24, 2.45) is 5.73 Å². The van der Waals surface area contributed by atoms with E-state index in [9.17, 15) is 0 Å². The van der Waals surface area contributed by atoms with E-state index in [4.69, 9.17) is 10.8 Å². The number of benzene rings is 1. The Bertz CT molecular complexity index is 380. The number of anilines is 1. The average Bonchev–Trinajstić information content (AvgIpc) is 2.28. The van der Waals surface area contributed by atoms with E-state index in [2.05, 4.69) is 27.4 Å². The van der Waals surface area contributed by atoms with Crippen LogP contribution in [0, 0.1) is 0 Å². The second kappa shape index (κ2) is 6.79. The fourth-order valence-corrected chi connectivity index (χ4v) is 2.30. The average molecular weight is 299 g/mol. The molecular weight excluding hydrogens is 280 g/mol. The smallest absolute Gasteiger partial charge is 0.0606 e. The van der Waals surface area contributed by atoms with Crippen molar-refractivity contribution in [1.82, 2.24) is 0 Å². The van der Waals surface area contributed by atoms with Crippen LogP contribution in [-0.2, 0) is 0 Å². The molecule has 3 nitrogen and oxygen atoms in total. The molecule has 3 N–H and O–H groups in total. The van der Waals surface area contributed by atoms with Crippen LogP contribution in [0.15, 0.2) is 35.3 Å². The molecule has 0 radical (unpaired) electrons. The van der Waals surface area contributed by atoms with Crippen molar-refractivity contribution in [2.75, 3.05) is 24.6 Å². The molecule has 1 aromatic rings. The minimum Gasteiger partial charge on any atom is -0.395 e. The van der Waals surface area contributed by atoms with E-state index >= 15 is 0 Å². The van der Waals surface area contributed by atoms with Gasteiger partial charge in [0.1, 0.15) is 0 Å². The van der Waals surface area contributed by atoms with Gasteiger partial charge >= 0.3 is 0 Å². The Morgan fingerprint density at radius 1 is 1.59 bits per heavy atom. The molecule has 1 atom stereocenters. The molecule has 0 amide bonds. The van der Waals surface area contributed by atoms with Crippen LogP contribution in [0.1, 0.15) is 18.5 Å². The lowest BCUT2D eigenvalue weighted by Crippen LogP contribution is -2.27. The Kier molecular flexibility index (Phi) is 5.68. The van der Waals surface area contributed by atoms with Crippen LogP contribution < -0.4 is 10.6 Å². The maximum absolute atomic E-state index is 9.05. The van der Waals surface area contributed by atoms with E-state index in [1.54, 1.807) is 0 Å². The largest absolute Gasteiger partial charge is 0.395 e. The SMILES string of the molecule is C=CCN(CCO)c1ccc([C@@H](C)N)cc1Br. The van der Waals surface area contributed by atoms with Crippen LogP contribution in [0.25, 0.3) is 0 Å². The number of hydrogen-bond acceptors (Lipinski definition) is 3. The van der Waals surface area contributed by atoms with Crippen molar-refractivity contribution in [3.05, 3.63) is 40.9 Å². The predicted octanol–water partition coefficient (Wildman–Crippen LogP) is 2.45. The van der Waals surface area contributed by atoms with E-state index in [0.717, 1.165) is 15.7 Å². The third kappa shape index (κ3) is 3.84. The van der Waals surface area contributed by atoms with E-state index in [0.29, 0.717) is 13.1 Å². The van der Waals surface area contributed by atoms with Gasteiger partial charge in [-0.3, -0.25) is 0 Å². The molecule has 0 unspecified atom stereocenters. The molecule has 0 bridgehead atoms. The van der Waals surface area contributed by atoms with Crippen molar-refractivity contribution in [1.29, 1.82) is 0 Å². The zero-order valence-corrected chi connectivity index (χ0v) is 11.7. The first-order valence-corrected chi connectivity index (χ1v) is 6.41. The van der Waals surface area contributed by atoms with E-state index in [1.807, 2.05) is 31.2 Å². The van der Waals surface area contributed by atoms with Gasteiger partial charge in [0.2, 0.25) is 0 Å². The quantitative estimate of drug-likeness (QED) is 0.793. The summed E-state index contributed by atoms with van der Waals surface area (Å²) >= 11 is 3.54. The Hall–Kier alpha value is -0.840. The molecule has 0 saturated carbocycles. The second-order valence-electron chi connectivity index (χ2n) is 3.96. The Morgan fingerprint density at radius 2 is 2.29 bits per heavy atom. The number of halogens is 1. The van der Waals surface area contributed by atoms with Crippen LogP contribution in [0.2, 0.25) is 0 Å². The summed E-state index contributed by atoms with van der Waals surface area (Å²) in [5, 5.41) is 9.05. The molecule has 0 saturated heterocycles. The lowest BCUT2D eigenvalue weighted by atomic mass is 10.1. The van der Waals surface area contributed by atoms with Gasteiger partial charge in [-0.2, -0.15) is 0 Å². The van der Waals surface area contributed by atoms with Gasteiger partial charge in [0, 0.05) is 23.6 Å². The molecule has 1 aromatic carbocycles. The molecule has 0 fully saturated rings. The molecular formula is C13H19BrN2O. The third-order valence-electron chi connectivity index (χ3n) is 2.56. The van der Waals surface area contributed by atoms with Gasteiger partial charge in [-0.25, -0.2) is 0 Å². The zero-order chi connectivity index (χ0) is 12.8. The molecule has 0 aliphatic heterocycles. The molecule has 0 spiro atoms. The summed E-state index contributed by atoms with van der Waals surface area (Å²) in [7, 11) is 0. The summed E-state index contributed by atoms with van der Waals surface area (Å²) in [6.07, 6.45) is 1.82. The monoisotopic (exact) mass is 298 g/mol. The molecule has 4 heteroatoms. The summed E-state index contributed by atoms with van der Waals surface area (Å²) in [5.41, 5.74) is 7.97. The highest BCUT2D eigenvalue weighted by molar-refractivity contribution is 9.10. The summed E-state index contributed by atoms with van der Waals surface area (Å²) in [6, 6.07) is 6.07. The van der Waals surface area contributed by atoms with E-state index in [1.165, 1.54) is 0 Å². The van der Waals surface area contributed by atoms with Crippen LogP contribution in [0.4, 0.5) is 5.69 Å². The minimum atomic E-state index is 0.0195. The summed E-state index contributed by atoms with van der Waals surface area (Å²) < 4.78 is 0.989. The molecule has 0 aromatic heterocycles. The van der Waals surface area contributed by atoms with Crippen LogP contribution in [0.3, 0.4) is 0 Å². The van der Waals surface area contributed by atoms with Gasteiger partial charge in [-0.1, -0.05) is 12.1 Å². The highest BCUT2D eigenvalue weighted by Crippen LogP contribution is 2.28. The Labute approximate surface area is 111 Å². The molecule has 94 valence electrons. The second-order valence-corrected chi connectivity index (χ2v) is 4.81. The first-order valence-electron chi connectivity index (χ1n) is 5.62. The maximum atomic E-state index is 9.05. The molecule has 0 aliphatic carbocycles. The first-order chi connectivity index (χ1) is 8.10. The normalized spacial score (nSPS) is 12.2. The predicted molar refractivity (Wildman–Crippen MR) is 76.2 cm³/mol. The Balaban J connectivity index is 2.99. The highest BCUT2D eigenvalue weighted by Gasteiger charge is 2.10. The Morgan fingerprint density at radius 3 is 2.76 bits per heavy atom.